The van der Waals surface area contributed by atoms with Gasteiger partial charge in [-0.25, -0.2) is 0 Å². The van der Waals surface area contributed by atoms with Crippen LogP contribution in [0.5, 0.6) is 0 Å². The third-order valence-electron chi connectivity index (χ3n) is 14.8. The Hall–Kier alpha value is -3.12. The topological polar surface area (TPSA) is 186 Å². The van der Waals surface area contributed by atoms with E-state index in [-0.39, 0.29) is 84.9 Å². The van der Waals surface area contributed by atoms with E-state index >= 15 is 0 Å². The highest BCUT2D eigenvalue weighted by Gasteiger charge is 2.65. The molecule has 12 nitrogen and oxygen atoms in total. The molecule has 0 aliphatic heterocycles. The highest BCUT2D eigenvalue weighted by molar-refractivity contribution is 7.53. The van der Waals surface area contributed by atoms with Gasteiger partial charge in [0.2, 0.25) is 6.79 Å². The van der Waals surface area contributed by atoms with Crippen molar-refractivity contribution in [2.24, 2.45) is 52.3 Å². The Morgan fingerprint density at radius 3 is 1.97 bits per heavy atom. The van der Waals surface area contributed by atoms with Crippen molar-refractivity contribution in [1.29, 1.82) is 0 Å². The number of aliphatic carboxylic acids is 1. The minimum Gasteiger partial charge on any atom is -0.481 e. The molecule has 6 unspecified atom stereocenters. The summed E-state index contributed by atoms with van der Waals surface area (Å²) < 4.78 is 35.7. The van der Waals surface area contributed by atoms with Crippen LogP contribution in [0.15, 0.2) is 60.7 Å². The van der Waals surface area contributed by atoms with Crippen molar-refractivity contribution in [2.45, 2.75) is 123 Å². The van der Waals surface area contributed by atoms with Crippen molar-refractivity contribution in [3.8, 4) is 0 Å². The molecular formula is C45H63O12P. The Labute approximate surface area is 342 Å². The van der Waals surface area contributed by atoms with E-state index < -0.39 is 56.6 Å². The molecule has 0 aromatic heterocycles. The Morgan fingerprint density at radius 1 is 0.793 bits per heavy atom. The minimum atomic E-state index is -3.95. The summed E-state index contributed by atoms with van der Waals surface area (Å²) in [5.74, 6) is -2.77. The molecule has 2 aromatic rings. The molecule has 12 atom stereocenters. The number of carboxylic acids is 1. The van der Waals surface area contributed by atoms with Crippen LogP contribution >= 0.6 is 7.60 Å². The number of aliphatic hydroxyl groups excluding tert-OH is 3. The summed E-state index contributed by atoms with van der Waals surface area (Å²) in [6, 6.07) is 18.1. The minimum absolute atomic E-state index is 0.000437. The molecule has 0 bridgehead atoms. The normalized spacial score (nSPS) is 32.9. The Bertz CT molecular complexity index is 1690. The number of hydrogen-bond acceptors (Lipinski definition) is 11. The molecule has 58 heavy (non-hydrogen) atoms. The van der Waals surface area contributed by atoms with Crippen LogP contribution in [-0.2, 0) is 50.7 Å². The lowest BCUT2D eigenvalue weighted by Crippen LogP contribution is -2.62. The molecule has 0 heterocycles. The first-order valence-corrected chi connectivity index (χ1v) is 22.9. The van der Waals surface area contributed by atoms with Gasteiger partial charge in [0.1, 0.15) is 0 Å². The van der Waals surface area contributed by atoms with E-state index in [1.54, 1.807) is 24.3 Å². The maximum Gasteiger partial charge on any atom is 0.332 e. The van der Waals surface area contributed by atoms with Crippen molar-refractivity contribution in [2.75, 3.05) is 13.0 Å². The van der Waals surface area contributed by atoms with Crippen molar-refractivity contribution >= 4 is 25.5 Å². The monoisotopic (exact) mass is 826 g/mol. The number of carboxylic acid groups (broad SMARTS) is 1. The van der Waals surface area contributed by atoms with Crippen LogP contribution in [0.3, 0.4) is 0 Å². The zero-order valence-electron chi connectivity index (χ0n) is 34.2. The molecule has 4 saturated carbocycles. The first-order valence-electron chi connectivity index (χ1n) is 21.2. The lowest BCUT2D eigenvalue weighted by atomic mass is 9.43. The average molecular weight is 827 g/mol. The van der Waals surface area contributed by atoms with Gasteiger partial charge in [-0.15, -0.1) is 0 Å². The lowest BCUT2D eigenvalue weighted by Gasteiger charge is -2.63. The van der Waals surface area contributed by atoms with E-state index in [0.29, 0.717) is 19.3 Å². The molecule has 6 rings (SSSR count). The molecule has 4 aliphatic rings. The zero-order valence-corrected chi connectivity index (χ0v) is 35.1. The van der Waals surface area contributed by atoms with Gasteiger partial charge in [0.05, 0.1) is 43.6 Å². The van der Waals surface area contributed by atoms with E-state index in [1.165, 1.54) is 0 Å². The standard InChI is InChI=1S/C45H63O12P/c1-29(35-16-17-36-42-37(24-39(48)45(35,36)3)44(2)21-20-34(46)22-33(44)23-38(42)47)14-18-40(49)54-28-55-41(50)19-15-32(43(51)52)27-58(53,56-25-30-10-6-4-7-11-30)57-26-31-12-8-5-9-13-31/h4-13,29,32-39,42,46-48H,14-28H2,1-3H3,(H,51,52)/t29-,32?,33?,34-,35?,36?,37?,38-,39+,42?,44+,45-/m1/s1. The molecule has 4 fully saturated rings. The molecule has 4 N–H and O–H groups in total. The highest BCUT2D eigenvalue weighted by Crippen LogP contribution is 2.68. The largest absolute Gasteiger partial charge is 0.481 e. The van der Waals surface area contributed by atoms with Gasteiger partial charge >= 0.3 is 25.5 Å². The molecule has 0 saturated heterocycles. The predicted octanol–water partition coefficient (Wildman–Crippen LogP) is 7.52. The smallest absolute Gasteiger partial charge is 0.332 e. The number of fused-ring (bicyclic) bond motifs is 5. The number of ether oxygens (including phenoxy) is 2. The van der Waals surface area contributed by atoms with Crippen LogP contribution in [0.25, 0.3) is 0 Å². The lowest BCUT2D eigenvalue weighted by molar-refractivity contribution is -0.207. The number of benzene rings is 2. The summed E-state index contributed by atoms with van der Waals surface area (Å²) in [5, 5.41) is 43.8. The zero-order chi connectivity index (χ0) is 41.7. The van der Waals surface area contributed by atoms with Gasteiger partial charge < -0.3 is 38.9 Å². The van der Waals surface area contributed by atoms with Crippen LogP contribution in [0, 0.1) is 52.3 Å². The number of aliphatic hydroxyl groups is 3. The Balaban J connectivity index is 0.953. The summed E-state index contributed by atoms with van der Waals surface area (Å²) in [5.41, 5.74) is 1.09. The van der Waals surface area contributed by atoms with Crippen molar-refractivity contribution in [3.05, 3.63) is 71.8 Å². The van der Waals surface area contributed by atoms with Crippen LogP contribution in [-0.4, -0.2) is 69.6 Å². The van der Waals surface area contributed by atoms with E-state index in [1.807, 2.05) is 36.4 Å². The van der Waals surface area contributed by atoms with Gasteiger partial charge in [0, 0.05) is 12.8 Å². The first kappa shape index (κ1) is 44.4. The number of rotatable bonds is 18. The fraction of sp³-hybridized carbons (Fsp3) is 0.667. The summed E-state index contributed by atoms with van der Waals surface area (Å²) in [7, 11) is -3.95. The fourth-order valence-electron chi connectivity index (χ4n) is 11.5. The maximum absolute atomic E-state index is 13.9. The summed E-state index contributed by atoms with van der Waals surface area (Å²) >= 11 is 0. The maximum atomic E-state index is 13.9. The van der Waals surface area contributed by atoms with Crippen molar-refractivity contribution in [1.82, 2.24) is 0 Å². The summed E-state index contributed by atoms with van der Waals surface area (Å²) in [6.45, 7) is 5.90. The molecule has 0 radical (unpaired) electrons. The van der Waals surface area contributed by atoms with Gasteiger partial charge in [-0.1, -0.05) is 81.4 Å². The van der Waals surface area contributed by atoms with Crippen LogP contribution in [0.1, 0.15) is 103 Å². The van der Waals surface area contributed by atoms with Crippen molar-refractivity contribution in [3.63, 3.8) is 0 Å². The molecule has 320 valence electrons. The van der Waals surface area contributed by atoms with Crippen molar-refractivity contribution < 1.29 is 57.9 Å². The molecule has 0 amide bonds. The van der Waals surface area contributed by atoms with Gasteiger partial charge in [0.25, 0.3) is 0 Å². The highest BCUT2D eigenvalue weighted by atomic mass is 31.2. The average Bonchev–Trinajstić information content (AvgIpc) is 3.57. The van der Waals surface area contributed by atoms with Crippen LogP contribution in [0.2, 0.25) is 0 Å². The van der Waals surface area contributed by atoms with Crippen LogP contribution < -0.4 is 0 Å². The first-order chi connectivity index (χ1) is 27.6. The quantitative estimate of drug-likeness (QED) is 0.0659. The van der Waals surface area contributed by atoms with Gasteiger partial charge in [-0.3, -0.25) is 18.9 Å². The number of carbonyl (C=O) groups is 3. The second kappa shape index (κ2) is 19.1. The third kappa shape index (κ3) is 10.1. The van der Waals surface area contributed by atoms with E-state index in [9.17, 15) is 39.4 Å². The molecule has 13 heteroatoms. The summed E-state index contributed by atoms with van der Waals surface area (Å²) in [6.07, 6.45) is 3.96. The summed E-state index contributed by atoms with van der Waals surface area (Å²) in [4.78, 5) is 37.7. The molecule has 4 aliphatic carbocycles. The van der Waals surface area contributed by atoms with E-state index in [2.05, 4.69) is 20.8 Å². The number of carbonyl (C=O) groups excluding carboxylic acids is 2. The van der Waals surface area contributed by atoms with E-state index in [0.717, 1.165) is 43.2 Å². The van der Waals surface area contributed by atoms with Gasteiger partial charge in [-0.05, 0) is 115 Å². The second-order valence-electron chi connectivity index (χ2n) is 18.1. The van der Waals surface area contributed by atoms with E-state index in [4.69, 9.17) is 18.5 Å². The van der Waals surface area contributed by atoms with Gasteiger partial charge in [0.15, 0.2) is 0 Å². The molecular weight excluding hydrogens is 763 g/mol. The Morgan fingerprint density at radius 2 is 1.38 bits per heavy atom. The fourth-order valence-corrected chi connectivity index (χ4v) is 13.3. The second-order valence-corrected chi connectivity index (χ2v) is 20.2. The molecule has 2 aromatic carbocycles. The predicted molar refractivity (Wildman–Crippen MR) is 215 cm³/mol. The van der Waals surface area contributed by atoms with Crippen LogP contribution in [0.4, 0.5) is 0 Å². The van der Waals surface area contributed by atoms with Gasteiger partial charge in [-0.2, -0.15) is 0 Å². The number of esters is 2. The Kier molecular flexibility index (Phi) is 14.6. The SMILES string of the molecule is C[C@H](CCC(=O)OCOC(=O)CCC(CP(=O)(OCc1ccccc1)OCc1ccccc1)C(=O)O)C1CCC2C3C(C[C@H](O)[C@@]21C)[C@@]1(C)CC[C@@H](O)CC1C[C@H]3O. The molecule has 0 spiro atoms. The number of hydrogen-bond donors (Lipinski definition) is 4. The third-order valence-corrected chi connectivity index (χ3v) is 16.7.